The van der Waals surface area contributed by atoms with Crippen LogP contribution in [0.15, 0.2) is 63.6 Å². The zero-order valence-corrected chi connectivity index (χ0v) is 15.2. The Balaban J connectivity index is 1.62. The molecule has 1 N–H and O–H groups in total. The van der Waals surface area contributed by atoms with Crippen LogP contribution < -0.4 is 5.32 Å². The van der Waals surface area contributed by atoms with Crippen LogP contribution in [0.5, 0.6) is 0 Å². The van der Waals surface area contributed by atoms with Crippen LogP contribution in [0.4, 0.5) is 4.79 Å². The minimum absolute atomic E-state index is 0.231. The van der Waals surface area contributed by atoms with E-state index in [4.69, 9.17) is 9.26 Å². The van der Waals surface area contributed by atoms with Crippen LogP contribution in [0.25, 0.3) is 11.3 Å². The van der Waals surface area contributed by atoms with Crippen molar-refractivity contribution < 1.29 is 14.1 Å². The number of nitrogens with zero attached hydrogens (tertiary/aromatic N) is 1. The highest BCUT2D eigenvalue weighted by molar-refractivity contribution is 9.10. The lowest BCUT2D eigenvalue weighted by molar-refractivity contribution is 0.139. The van der Waals surface area contributed by atoms with Crippen molar-refractivity contribution in [3.05, 3.63) is 75.9 Å². The van der Waals surface area contributed by atoms with Crippen molar-refractivity contribution >= 4 is 22.0 Å². The van der Waals surface area contributed by atoms with Gasteiger partial charge in [-0.1, -0.05) is 63.6 Å². The summed E-state index contributed by atoms with van der Waals surface area (Å²) in [7, 11) is 0. The standard InChI is InChI=1S/C19H17BrN2O3/c1-13-17(18(25-22-13)15-7-9-16(20)10-8-15)11-21-19(23)24-12-14-5-3-2-4-6-14/h2-10H,11-12H2,1H3,(H,21,23). The number of carbonyl (C=O) groups excluding carboxylic acids is 1. The highest BCUT2D eigenvalue weighted by Crippen LogP contribution is 2.27. The summed E-state index contributed by atoms with van der Waals surface area (Å²) in [6.45, 7) is 2.36. The first-order chi connectivity index (χ1) is 12.1. The Labute approximate surface area is 154 Å². The minimum atomic E-state index is -0.480. The molecule has 0 saturated heterocycles. The molecule has 0 radical (unpaired) electrons. The highest BCUT2D eigenvalue weighted by Gasteiger charge is 2.16. The Hall–Kier alpha value is -2.60. The number of ether oxygens (including phenoxy) is 1. The smallest absolute Gasteiger partial charge is 0.407 e. The fourth-order valence-electron chi connectivity index (χ4n) is 2.36. The molecule has 3 aromatic rings. The molecular weight excluding hydrogens is 384 g/mol. The topological polar surface area (TPSA) is 64.4 Å². The van der Waals surface area contributed by atoms with Gasteiger partial charge in [-0.25, -0.2) is 4.79 Å². The van der Waals surface area contributed by atoms with Gasteiger partial charge in [0.15, 0.2) is 5.76 Å². The molecule has 5 nitrogen and oxygen atoms in total. The molecule has 3 rings (SSSR count). The van der Waals surface area contributed by atoms with E-state index in [1.54, 1.807) is 0 Å². The van der Waals surface area contributed by atoms with E-state index in [2.05, 4.69) is 26.4 Å². The lowest BCUT2D eigenvalue weighted by Crippen LogP contribution is -2.24. The predicted octanol–water partition coefficient (Wildman–Crippen LogP) is 4.84. The molecule has 2 aromatic carbocycles. The Bertz CT molecular complexity index is 845. The van der Waals surface area contributed by atoms with Crippen LogP contribution in [-0.2, 0) is 17.9 Å². The van der Waals surface area contributed by atoms with Crippen LogP contribution >= 0.6 is 15.9 Å². The molecule has 0 bridgehead atoms. The van der Waals surface area contributed by atoms with Crippen molar-refractivity contribution in [3.8, 4) is 11.3 Å². The molecule has 1 amide bonds. The number of aromatic nitrogens is 1. The molecule has 0 aliphatic heterocycles. The molecule has 1 heterocycles. The summed E-state index contributed by atoms with van der Waals surface area (Å²) in [6, 6.07) is 17.3. The summed E-state index contributed by atoms with van der Waals surface area (Å²) in [5.41, 5.74) is 3.41. The second-order valence-electron chi connectivity index (χ2n) is 5.50. The molecule has 6 heteroatoms. The van der Waals surface area contributed by atoms with Gasteiger partial charge in [0.25, 0.3) is 0 Å². The van der Waals surface area contributed by atoms with Crippen LogP contribution in [0.3, 0.4) is 0 Å². The summed E-state index contributed by atoms with van der Waals surface area (Å²) < 4.78 is 11.6. The summed E-state index contributed by atoms with van der Waals surface area (Å²) in [6.07, 6.45) is -0.480. The van der Waals surface area contributed by atoms with E-state index in [-0.39, 0.29) is 13.2 Å². The number of hydrogen-bond donors (Lipinski definition) is 1. The molecular formula is C19H17BrN2O3. The number of aryl methyl sites for hydroxylation is 1. The largest absolute Gasteiger partial charge is 0.445 e. The summed E-state index contributed by atoms with van der Waals surface area (Å²) in [4.78, 5) is 11.9. The number of alkyl carbamates (subject to hydrolysis) is 1. The monoisotopic (exact) mass is 400 g/mol. The highest BCUT2D eigenvalue weighted by atomic mass is 79.9. The van der Waals surface area contributed by atoms with Crippen molar-refractivity contribution in [2.75, 3.05) is 0 Å². The Kier molecular flexibility index (Phi) is 5.50. The number of benzene rings is 2. The van der Waals surface area contributed by atoms with Gasteiger partial charge in [0.1, 0.15) is 6.61 Å². The third-order valence-corrected chi connectivity index (χ3v) is 4.24. The van der Waals surface area contributed by atoms with Gasteiger partial charge in [-0.2, -0.15) is 0 Å². The molecule has 0 aliphatic rings. The second-order valence-corrected chi connectivity index (χ2v) is 6.41. The van der Waals surface area contributed by atoms with Crippen molar-refractivity contribution in [1.29, 1.82) is 0 Å². The third kappa shape index (κ3) is 4.48. The molecule has 0 unspecified atom stereocenters. The van der Waals surface area contributed by atoms with E-state index < -0.39 is 6.09 Å². The van der Waals surface area contributed by atoms with E-state index in [0.717, 1.165) is 26.9 Å². The van der Waals surface area contributed by atoms with Gasteiger partial charge < -0.3 is 14.6 Å². The number of amides is 1. The molecule has 0 spiro atoms. The summed E-state index contributed by atoms with van der Waals surface area (Å²) >= 11 is 3.41. The molecule has 0 saturated carbocycles. The van der Waals surface area contributed by atoms with Gasteiger partial charge in [-0.05, 0) is 24.6 Å². The maximum absolute atomic E-state index is 11.9. The number of carbonyl (C=O) groups is 1. The Morgan fingerprint density at radius 1 is 1.16 bits per heavy atom. The maximum atomic E-state index is 11.9. The molecule has 25 heavy (non-hydrogen) atoms. The zero-order valence-electron chi connectivity index (χ0n) is 13.7. The molecule has 0 atom stereocenters. The number of halogens is 1. The number of rotatable bonds is 5. The molecule has 128 valence electrons. The van der Waals surface area contributed by atoms with Crippen LogP contribution in [-0.4, -0.2) is 11.2 Å². The Morgan fingerprint density at radius 3 is 2.60 bits per heavy atom. The average molecular weight is 401 g/mol. The normalized spacial score (nSPS) is 10.5. The van der Waals surface area contributed by atoms with Gasteiger partial charge in [-0.15, -0.1) is 0 Å². The van der Waals surface area contributed by atoms with Gasteiger partial charge in [0.2, 0.25) is 0 Å². The first-order valence-electron chi connectivity index (χ1n) is 7.79. The molecule has 0 aliphatic carbocycles. The number of hydrogen-bond acceptors (Lipinski definition) is 4. The fourth-order valence-corrected chi connectivity index (χ4v) is 2.62. The van der Waals surface area contributed by atoms with Crippen LogP contribution in [0.2, 0.25) is 0 Å². The zero-order chi connectivity index (χ0) is 17.6. The van der Waals surface area contributed by atoms with E-state index in [1.807, 2.05) is 61.5 Å². The molecule has 0 fully saturated rings. The van der Waals surface area contributed by atoms with Crippen molar-refractivity contribution in [1.82, 2.24) is 10.5 Å². The predicted molar refractivity (Wildman–Crippen MR) is 97.8 cm³/mol. The first kappa shape index (κ1) is 17.2. The van der Waals surface area contributed by atoms with Crippen molar-refractivity contribution in [3.63, 3.8) is 0 Å². The summed E-state index contributed by atoms with van der Waals surface area (Å²) in [5, 5.41) is 6.76. The fraction of sp³-hybridized carbons (Fsp3) is 0.158. The van der Waals surface area contributed by atoms with Gasteiger partial charge in [0, 0.05) is 15.6 Å². The molecule has 1 aromatic heterocycles. The summed E-state index contributed by atoms with van der Waals surface area (Å²) in [5.74, 6) is 0.647. The lowest BCUT2D eigenvalue weighted by Gasteiger charge is -2.07. The lowest BCUT2D eigenvalue weighted by atomic mass is 10.1. The second kappa shape index (κ2) is 7.98. The van der Waals surface area contributed by atoms with E-state index >= 15 is 0 Å². The average Bonchev–Trinajstić information content (AvgIpc) is 3.00. The van der Waals surface area contributed by atoms with Crippen LogP contribution in [0.1, 0.15) is 16.8 Å². The maximum Gasteiger partial charge on any atom is 0.407 e. The quantitative estimate of drug-likeness (QED) is 0.665. The van der Waals surface area contributed by atoms with Crippen LogP contribution in [0, 0.1) is 6.92 Å². The third-order valence-electron chi connectivity index (χ3n) is 3.71. The van der Waals surface area contributed by atoms with Crippen molar-refractivity contribution in [2.24, 2.45) is 0 Å². The van der Waals surface area contributed by atoms with Crippen molar-refractivity contribution in [2.45, 2.75) is 20.1 Å². The van der Waals surface area contributed by atoms with E-state index in [1.165, 1.54) is 0 Å². The van der Waals surface area contributed by atoms with Gasteiger partial charge in [-0.3, -0.25) is 0 Å². The first-order valence-corrected chi connectivity index (χ1v) is 8.58. The number of nitrogens with one attached hydrogen (secondary N) is 1. The van der Waals surface area contributed by atoms with Gasteiger partial charge in [0.05, 0.1) is 12.2 Å². The minimum Gasteiger partial charge on any atom is -0.445 e. The van der Waals surface area contributed by atoms with Gasteiger partial charge >= 0.3 is 6.09 Å². The van der Waals surface area contributed by atoms with E-state index in [0.29, 0.717) is 5.76 Å². The SMILES string of the molecule is Cc1noc(-c2ccc(Br)cc2)c1CNC(=O)OCc1ccccc1. The Morgan fingerprint density at radius 2 is 1.88 bits per heavy atom. The van der Waals surface area contributed by atoms with E-state index in [9.17, 15) is 4.79 Å².